The minimum absolute atomic E-state index is 0.0337. The molecule has 0 aromatic rings. The fourth-order valence-electron chi connectivity index (χ4n) is 0.483. The van der Waals surface area contributed by atoms with Gasteiger partial charge in [0, 0.05) is 0 Å². The summed E-state index contributed by atoms with van der Waals surface area (Å²) in [4.78, 5) is 10.7. The van der Waals surface area contributed by atoms with Crippen molar-refractivity contribution in [3.8, 4) is 0 Å². The van der Waals surface area contributed by atoms with Crippen molar-refractivity contribution in [2.45, 2.75) is 12.2 Å². The normalized spacial score (nSPS) is 14.9. The van der Waals surface area contributed by atoms with Gasteiger partial charge in [0.25, 0.3) is 0 Å². The molecule has 0 aliphatic heterocycles. The summed E-state index contributed by atoms with van der Waals surface area (Å²) in [5.41, 5.74) is 0. The number of esters is 1. The van der Waals surface area contributed by atoms with Crippen molar-refractivity contribution < 1.29 is 24.9 Å². The molecule has 0 spiro atoms. The molecule has 0 saturated heterocycles. The summed E-state index contributed by atoms with van der Waals surface area (Å²) in [5.74, 6) is -0.976. The van der Waals surface area contributed by atoms with Crippen LogP contribution in [-0.4, -0.2) is 46.7 Å². The highest BCUT2D eigenvalue weighted by atomic mass is 16.5. The predicted molar refractivity (Wildman–Crippen MR) is 40.3 cm³/mol. The molecule has 0 aliphatic carbocycles. The zero-order valence-electron chi connectivity index (χ0n) is 6.51. The first kappa shape index (κ1) is 11.1. The van der Waals surface area contributed by atoms with Crippen LogP contribution >= 0.6 is 0 Å². The molecule has 0 aliphatic rings. The van der Waals surface area contributed by atoms with Gasteiger partial charge in [-0.25, -0.2) is 4.79 Å². The summed E-state index contributed by atoms with van der Waals surface area (Å²) in [6.45, 7) is 2.56. The fraction of sp³-hybridized carbons (Fsp3) is 0.571. The van der Waals surface area contributed by atoms with Gasteiger partial charge in [-0.15, -0.1) is 0 Å². The zero-order valence-corrected chi connectivity index (χ0v) is 6.51. The molecule has 2 atom stereocenters. The number of carbonyl (C=O) groups excluding carboxylic acids is 1. The molecule has 0 aromatic heterocycles. The van der Waals surface area contributed by atoms with E-state index in [9.17, 15) is 4.79 Å². The summed E-state index contributed by atoms with van der Waals surface area (Å²) in [7, 11) is 0. The second-order valence-electron chi connectivity index (χ2n) is 2.11. The Balaban J connectivity index is 3.83. The van der Waals surface area contributed by atoms with E-state index in [1.165, 1.54) is 6.08 Å². The molecular weight excluding hydrogens is 164 g/mol. The van der Waals surface area contributed by atoms with Crippen molar-refractivity contribution in [1.82, 2.24) is 0 Å². The second kappa shape index (κ2) is 5.70. The molecule has 5 nitrogen and oxygen atoms in total. The van der Waals surface area contributed by atoms with E-state index in [4.69, 9.17) is 15.3 Å². The standard InChI is InChI=1S/C7H12O5/c1-2-3-12-7(11)6(10)5(9)4-8/h2,5-6,8-10H,1,3-4H2. The number of ether oxygens (including phenoxy) is 1. The molecule has 0 aromatic carbocycles. The lowest BCUT2D eigenvalue weighted by Gasteiger charge is -2.13. The molecule has 0 heterocycles. The highest BCUT2D eigenvalue weighted by Gasteiger charge is 2.24. The molecule has 0 fully saturated rings. The Labute approximate surface area is 69.9 Å². The van der Waals surface area contributed by atoms with Crippen LogP contribution in [0.15, 0.2) is 12.7 Å². The number of carbonyl (C=O) groups is 1. The van der Waals surface area contributed by atoms with Gasteiger partial charge in [0.15, 0.2) is 6.10 Å². The van der Waals surface area contributed by atoms with Gasteiger partial charge >= 0.3 is 5.97 Å². The Morgan fingerprint density at radius 1 is 1.58 bits per heavy atom. The molecule has 0 saturated carbocycles. The number of hydrogen-bond donors (Lipinski definition) is 3. The molecule has 70 valence electrons. The largest absolute Gasteiger partial charge is 0.459 e. The smallest absolute Gasteiger partial charge is 0.338 e. The summed E-state index contributed by atoms with van der Waals surface area (Å²) in [6.07, 6.45) is -1.87. The van der Waals surface area contributed by atoms with E-state index in [1.807, 2.05) is 0 Å². The highest BCUT2D eigenvalue weighted by Crippen LogP contribution is 1.95. The third-order valence-corrected chi connectivity index (χ3v) is 1.14. The van der Waals surface area contributed by atoms with E-state index in [2.05, 4.69) is 11.3 Å². The fourth-order valence-corrected chi connectivity index (χ4v) is 0.483. The first-order valence-corrected chi connectivity index (χ1v) is 3.38. The number of aliphatic hydroxyl groups excluding tert-OH is 3. The van der Waals surface area contributed by atoms with Crippen LogP contribution in [-0.2, 0) is 9.53 Å². The number of rotatable bonds is 5. The maximum Gasteiger partial charge on any atom is 0.338 e. The van der Waals surface area contributed by atoms with Gasteiger partial charge in [0.1, 0.15) is 12.7 Å². The lowest BCUT2D eigenvalue weighted by molar-refractivity contribution is -0.159. The lowest BCUT2D eigenvalue weighted by atomic mass is 10.2. The van der Waals surface area contributed by atoms with Crippen LogP contribution in [0.4, 0.5) is 0 Å². The molecule has 12 heavy (non-hydrogen) atoms. The van der Waals surface area contributed by atoms with Crippen LogP contribution in [0.5, 0.6) is 0 Å². The van der Waals surface area contributed by atoms with E-state index in [0.29, 0.717) is 0 Å². The Morgan fingerprint density at radius 2 is 2.17 bits per heavy atom. The Bertz CT molecular complexity index is 156. The van der Waals surface area contributed by atoms with E-state index < -0.39 is 24.8 Å². The predicted octanol–water partition coefficient (Wildman–Crippen LogP) is -1.57. The summed E-state index contributed by atoms with van der Waals surface area (Å²) in [5, 5.41) is 26.0. The average Bonchev–Trinajstić information content (AvgIpc) is 2.11. The molecule has 0 bridgehead atoms. The van der Waals surface area contributed by atoms with Gasteiger partial charge in [0.05, 0.1) is 6.61 Å². The SMILES string of the molecule is C=CCOC(=O)C(O)C(O)CO. The van der Waals surface area contributed by atoms with Crippen molar-refractivity contribution in [1.29, 1.82) is 0 Å². The summed E-state index contributed by atoms with van der Waals surface area (Å²) >= 11 is 0. The third-order valence-electron chi connectivity index (χ3n) is 1.14. The van der Waals surface area contributed by atoms with Gasteiger partial charge in [-0.3, -0.25) is 0 Å². The number of aliphatic hydroxyl groups is 3. The molecule has 0 radical (unpaired) electrons. The Morgan fingerprint density at radius 3 is 2.58 bits per heavy atom. The van der Waals surface area contributed by atoms with Gasteiger partial charge in [-0.1, -0.05) is 12.7 Å². The maximum atomic E-state index is 10.7. The minimum Gasteiger partial charge on any atom is -0.459 e. The van der Waals surface area contributed by atoms with E-state index in [0.717, 1.165) is 0 Å². The van der Waals surface area contributed by atoms with Gasteiger partial charge in [-0.2, -0.15) is 0 Å². The van der Waals surface area contributed by atoms with Crippen molar-refractivity contribution in [2.75, 3.05) is 13.2 Å². The average molecular weight is 176 g/mol. The van der Waals surface area contributed by atoms with Gasteiger partial charge < -0.3 is 20.1 Å². The quantitative estimate of drug-likeness (QED) is 0.348. The second-order valence-corrected chi connectivity index (χ2v) is 2.11. The van der Waals surface area contributed by atoms with Crippen LogP contribution in [0.1, 0.15) is 0 Å². The van der Waals surface area contributed by atoms with Crippen molar-refractivity contribution in [3.05, 3.63) is 12.7 Å². The molecule has 2 unspecified atom stereocenters. The number of hydrogen-bond acceptors (Lipinski definition) is 5. The van der Waals surface area contributed by atoms with Gasteiger partial charge in [0.2, 0.25) is 0 Å². The first-order chi connectivity index (χ1) is 5.63. The monoisotopic (exact) mass is 176 g/mol. The van der Waals surface area contributed by atoms with Crippen molar-refractivity contribution >= 4 is 5.97 Å². The van der Waals surface area contributed by atoms with E-state index in [1.54, 1.807) is 0 Å². The van der Waals surface area contributed by atoms with Crippen LogP contribution in [0.25, 0.3) is 0 Å². The lowest BCUT2D eigenvalue weighted by Crippen LogP contribution is -2.37. The Kier molecular flexibility index (Phi) is 5.27. The van der Waals surface area contributed by atoms with Crippen LogP contribution in [0.3, 0.4) is 0 Å². The molecule has 3 N–H and O–H groups in total. The summed E-state index contributed by atoms with van der Waals surface area (Å²) in [6, 6.07) is 0. The molecule has 5 heteroatoms. The maximum absolute atomic E-state index is 10.7. The zero-order chi connectivity index (χ0) is 9.56. The van der Waals surface area contributed by atoms with E-state index >= 15 is 0 Å². The topological polar surface area (TPSA) is 87.0 Å². The molecule has 0 amide bonds. The summed E-state index contributed by atoms with van der Waals surface area (Å²) < 4.78 is 4.40. The highest BCUT2D eigenvalue weighted by molar-refractivity contribution is 5.75. The van der Waals surface area contributed by atoms with Crippen LogP contribution < -0.4 is 0 Å². The van der Waals surface area contributed by atoms with Crippen LogP contribution in [0, 0.1) is 0 Å². The van der Waals surface area contributed by atoms with Gasteiger partial charge in [-0.05, 0) is 0 Å². The molecular formula is C7H12O5. The van der Waals surface area contributed by atoms with Crippen LogP contribution in [0.2, 0.25) is 0 Å². The molecule has 0 rings (SSSR count). The van der Waals surface area contributed by atoms with E-state index in [-0.39, 0.29) is 6.61 Å². The van der Waals surface area contributed by atoms with Crippen molar-refractivity contribution in [2.24, 2.45) is 0 Å². The minimum atomic E-state index is -1.70. The van der Waals surface area contributed by atoms with Crippen molar-refractivity contribution in [3.63, 3.8) is 0 Å². The third kappa shape index (κ3) is 3.47. The first-order valence-electron chi connectivity index (χ1n) is 3.38. The Hall–Kier alpha value is -0.910.